The molecule has 1 rings (SSSR count). The second kappa shape index (κ2) is 3.96. The minimum absolute atomic E-state index is 0.0185. The van der Waals surface area contributed by atoms with Crippen LogP contribution in [0.4, 0.5) is 0 Å². The number of hydrogen-bond acceptors (Lipinski definition) is 2. The molecule has 0 aliphatic rings. The number of aromatic hydroxyl groups is 1. The van der Waals surface area contributed by atoms with Gasteiger partial charge in [-0.3, -0.25) is 4.79 Å². The first-order valence-electron chi connectivity index (χ1n) is 3.55. The topological polar surface area (TPSA) is 63.3 Å². The molecule has 0 heterocycles. The second-order valence-corrected chi connectivity index (χ2v) is 2.88. The molecule has 1 aromatic rings. The fraction of sp³-hybridized carbons (Fsp3) is 0. The Bertz CT molecular complexity index is 361. The standard InChI is InChI=1S/C9H8ClNO2/c10-7-3-1-6(8(12)5-7)2-4-9(11)13/h1-5,12H,(H2,11,13)/b4-2-. The third-order valence-corrected chi connectivity index (χ3v) is 1.65. The molecule has 0 unspecified atom stereocenters. The number of nitrogens with two attached hydrogens (primary N) is 1. The van der Waals surface area contributed by atoms with Crippen LogP contribution in [0.5, 0.6) is 5.75 Å². The van der Waals surface area contributed by atoms with Gasteiger partial charge in [0.2, 0.25) is 5.91 Å². The van der Waals surface area contributed by atoms with Crippen LogP contribution in [0.25, 0.3) is 6.08 Å². The maximum atomic E-state index is 10.4. The van der Waals surface area contributed by atoms with E-state index in [0.717, 1.165) is 0 Å². The number of carbonyl (C=O) groups excluding carboxylic acids is 1. The van der Waals surface area contributed by atoms with Gasteiger partial charge in [-0.15, -0.1) is 0 Å². The van der Waals surface area contributed by atoms with Gasteiger partial charge < -0.3 is 10.8 Å². The number of benzene rings is 1. The summed E-state index contributed by atoms with van der Waals surface area (Å²) in [6, 6.07) is 4.60. The van der Waals surface area contributed by atoms with Gasteiger partial charge in [0.1, 0.15) is 5.75 Å². The Morgan fingerprint density at radius 3 is 2.77 bits per heavy atom. The molecule has 0 radical (unpaired) electrons. The Morgan fingerprint density at radius 2 is 2.23 bits per heavy atom. The Hall–Kier alpha value is -1.48. The minimum atomic E-state index is -0.561. The van der Waals surface area contributed by atoms with Gasteiger partial charge in [0.15, 0.2) is 0 Å². The van der Waals surface area contributed by atoms with Crippen molar-refractivity contribution in [2.45, 2.75) is 0 Å². The number of primary amides is 1. The zero-order valence-corrected chi connectivity index (χ0v) is 7.45. The third-order valence-electron chi connectivity index (χ3n) is 1.42. The molecule has 0 fully saturated rings. The van der Waals surface area contributed by atoms with Crippen LogP contribution in [0.15, 0.2) is 24.3 Å². The zero-order valence-electron chi connectivity index (χ0n) is 6.70. The van der Waals surface area contributed by atoms with Crippen LogP contribution >= 0.6 is 11.6 Å². The molecule has 0 bridgehead atoms. The quantitative estimate of drug-likeness (QED) is 0.707. The SMILES string of the molecule is NC(=O)/C=C\c1ccc(Cl)cc1O. The highest BCUT2D eigenvalue weighted by molar-refractivity contribution is 6.30. The van der Waals surface area contributed by atoms with E-state index in [1.807, 2.05) is 0 Å². The van der Waals surface area contributed by atoms with Gasteiger partial charge in [0, 0.05) is 16.7 Å². The van der Waals surface area contributed by atoms with E-state index in [1.54, 1.807) is 12.1 Å². The Kier molecular flexibility index (Phi) is 2.93. The maximum Gasteiger partial charge on any atom is 0.241 e. The largest absolute Gasteiger partial charge is 0.507 e. The normalized spacial score (nSPS) is 10.5. The molecule has 1 amide bonds. The lowest BCUT2D eigenvalue weighted by atomic mass is 10.2. The van der Waals surface area contributed by atoms with Crippen LogP contribution < -0.4 is 5.73 Å². The predicted molar refractivity (Wildman–Crippen MR) is 51.3 cm³/mol. The number of hydrogen-bond donors (Lipinski definition) is 2. The molecule has 3 N–H and O–H groups in total. The molecule has 3 nitrogen and oxygen atoms in total. The van der Waals surface area contributed by atoms with E-state index in [9.17, 15) is 9.90 Å². The molecule has 0 saturated carbocycles. The molecular weight excluding hydrogens is 190 g/mol. The number of amides is 1. The van der Waals surface area contributed by atoms with Crippen LogP contribution in [0.2, 0.25) is 5.02 Å². The molecule has 68 valence electrons. The van der Waals surface area contributed by atoms with Gasteiger partial charge in [-0.2, -0.15) is 0 Å². The number of halogens is 1. The van der Waals surface area contributed by atoms with Gasteiger partial charge in [0.05, 0.1) is 0 Å². The lowest BCUT2D eigenvalue weighted by molar-refractivity contribution is -0.113. The lowest BCUT2D eigenvalue weighted by Crippen LogP contribution is -2.05. The van der Waals surface area contributed by atoms with Crippen molar-refractivity contribution >= 4 is 23.6 Å². The van der Waals surface area contributed by atoms with Crippen molar-refractivity contribution in [3.05, 3.63) is 34.9 Å². The molecular formula is C9H8ClNO2. The maximum absolute atomic E-state index is 10.4. The van der Waals surface area contributed by atoms with Crippen molar-refractivity contribution in [2.75, 3.05) is 0 Å². The summed E-state index contributed by atoms with van der Waals surface area (Å²) < 4.78 is 0. The minimum Gasteiger partial charge on any atom is -0.507 e. The summed E-state index contributed by atoms with van der Waals surface area (Å²) >= 11 is 5.60. The monoisotopic (exact) mass is 197 g/mol. The summed E-state index contributed by atoms with van der Waals surface area (Å²) in [4.78, 5) is 10.4. The number of carbonyl (C=O) groups is 1. The highest BCUT2D eigenvalue weighted by atomic mass is 35.5. The molecule has 0 aliphatic carbocycles. The molecule has 0 aromatic heterocycles. The van der Waals surface area contributed by atoms with Crippen molar-refractivity contribution in [3.8, 4) is 5.75 Å². The van der Waals surface area contributed by atoms with Crippen molar-refractivity contribution in [1.82, 2.24) is 0 Å². The highest BCUT2D eigenvalue weighted by Gasteiger charge is 1.97. The number of phenolic OH excluding ortho intramolecular Hbond substituents is 1. The van der Waals surface area contributed by atoms with Gasteiger partial charge in [-0.25, -0.2) is 0 Å². The third kappa shape index (κ3) is 2.80. The Balaban J connectivity index is 2.96. The second-order valence-electron chi connectivity index (χ2n) is 2.44. The first kappa shape index (κ1) is 9.61. The van der Waals surface area contributed by atoms with Crippen molar-refractivity contribution in [1.29, 1.82) is 0 Å². The van der Waals surface area contributed by atoms with Crippen molar-refractivity contribution in [3.63, 3.8) is 0 Å². The van der Waals surface area contributed by atoms with Crippen molar-refractivity contribution < 1.29 is 9.90 Å². The zero-order chi connectivity index (χ0) is 9.84. The summed E-state index contributed by atoms with van der Waals surface area (Å²) in [5.74, 6) is -0.542. The number of phenols is 1. The van der Waals surface area contributed by atoms with Crippen LogP contribution in [-0.4, -0.2) is 11.0 Å². The van der Waals surface area contributed by atoms with Crippen molar-refractivity contribution in [2.24, 2.45) is 5.73 Å². The Labute approximate surface area is 80.4 Å². The summed E-state index contributed by atoms with van der Waals surface area (Å²) in [5, 5.41) is 9.76. The van der Waals surface area contributed by atoms with Crippen LogP contribution in [0.1, 0.15) is 5.56 Å². The van der Waals surface area contributed by atoms with E-state index in [4.69, 9.17) is 17.3 Å². The van der Waals surface area contributed by atoms with E-state index < -0.39 is 5.91 Å². The van der Waals surface area contributed by atoms with E-state index in [0.29, 0.717) is 10.6 Å². The van der Waals surface area contributed by atoms with Crippen LogP contribution in [0.3, 0.4) is 0 Å². The molecule has 0 aliphatic heterocycles. The molecule has 1 aromatic carbocycles. The summed E-state index contributed by atoms with van der Waals surface area (Å²) in [5.41, 5.74) is 5.39. The van der Waals surface area contributed by atoms with Gasteiger partial charge >= 0.3 is 0 Å². The molecule has 4 heteroatoms. The van der Waals surface area contributed by atoms with Gasteiger partial charge in [-0.05, 0) is 24.3 Å². The summed E-state index contributed by atoms with van der Waals surface area (Å²) in [6.07, 6.45) is 2.59. The smallest absolute Gasteiger partial charge is 0.241 e. The Morgan fingerprint density at radius 1 is 1.54 bits per heavy atom. The molecule has 0 atom stereocenters. The fourth-order valence-corrected chi connectivity index (χ4v) is 0.996. The number of rotatable bonds is 2. The van der Waals surface area contributed by atoms with Crippen LogP contribution in [0, 0.1) is 0 Å². The van der Waals surface area contributed by atoms with Gasteiger partial charge in [-0.1, -0.05) is 11.6 Å². The molecule has 0 saturated heterocycles. The van der Waals surface area contributed by atoms with E-state index in [-0.39, 0.29) is 5.75 Å². The van der Waals surface area contributed by atoms with Gasteiger partial charge in [0.25, 0.3) is 0 Å². The van der Waals surface area contributed by atoms with Crippen LogP contribution in [-0.2, 0) is 4.79 Å². The fourth-order valence-electron chi connectivity index (χ4n) is 0.830. The van der Waals surface area contributed by atoms with E-state index in [1.165, 1.54) is 18.2 Å². The first-order chi connectivity index (χ1) is 6.09. The molecule has 13 heavy (non-hydrogen) atoms. The van der Waals surface area contributed by atoms with E-state index in [2.05, 4.69) is 0 Å². The molecule has 0 spiro atoms. The average molecular weight is 198 g/mol. The predicted octanol–water partition coefficient (Wildman–Crippen LogP) is 1.54. The van der Waals surface area contributed by atoms with E-state index >= 15 is 0 Å². The highest BCUT2D eigenvalue weighted by Crippen LogP contribution is 2.22. The average Bonchev–Trinajstić information content (AvgIpc) is 2.02. The summed E-state index contributed by atoms with van der Waals surface area (Å²) in [6.45, 7) is 0. The lowest BCUT2D eigenvalue weighted by Gasteiger charge is -1.98. The first-order valence-corrected chi connectivity index (χ1v) is 3.93. The summed E-state index contributed by atoms with van der Waals surface area (Å²) in [7, 11) is 0.